The molecule has 2 fully saturated rings. The molecule has 8 nitrogen and oxygen atoms in total. The largest absolute Gasteiger partial charge is 0.503 e. The zero-order valence-electron chi connectivity index (χ0n) is 18.9. The minimum absolute atomic E-state index is 0.0187. The summed E-state index contributed by atoms with van der Waals surface area (Å²) in [4.78, 5) is 30.7. The maximum Gasteiger partial charge on any atom is 0.276 e. The Labute approximate surface area is 209 Å². The summed E-state index contributed by atoms with van der Waals surface area (Å²) >= 11 is 7.02. The van der Waals surface area contributed by atoms with Gasteiger partial charge in [-0.2, -0.15) is 0 Å². The molecule has 0 radical (unpaired) electrons. The third-order valence-corrected chi connectivity index (χ3v) is 8.37. The molecule has 182 valence electrons. The van der Waals surface area contributed by atoms with Crippen molar-refractivity contribution in [3.8, 4) is 16.3 Å². The number of pyridine rings is 1. The molecule has 1 saturated heterocycles. The van der Waals surface area contributed by atoms with E-state index in [0.29, 0.717) is 28.2 Å². The molecule has 35 heavy (non-hydrogen) atoms. The van der Waals surface area contributed by atoms with Crippen molar-refractivity contribution in [2.45, 2.75) is 57.4 Å². The van der Waals surface area contributed by atoms with Gasteiger partial charge in [0.1, 0.15) is 17.0 Å². The molecule has 3 aromatic rings. The molecule has 3 aliphatic rings. The van der Waals surface area contributed by atoms with E-state index in [1.807, 2.05) is 11.8 Å². The topological polar surface area (TPSA) is 91.6 Å². The van der Waals surface area contributed by atoms with Gasteiger partial charge in [0.15, 0.2) is 16.5 Å². The maximum atomic E-state index is 14.3. The Morgan fingerprint density at radius 3 is 2.80 bits per heavy atom. The van der Waals surface area contributed by atoms with Crippen LogP contribution in [0.25, 0.3) is 10.6 Å². The SMILES string of the molecule is C[C@H]1CCN(C2CC2)C2Cn3cc(-c4nnc(Cc5cccc(Cl)c5F)s4)c(=O)c(O)c3C(=O)N21. The van der Waals surface area contributed by atoms with E-state index in [2.05, 4.69) is 15.1 Å². The van der Waals surface area contributed by atoms with Gasteiger partial charge in [0, 0.05) is 31.2 Å². The number of nitrogens with zero attached hydrogens (tertiary/aromatic N) is 5. The van der Waals surface area contributed by atoms with E-state index in [0.717, 1.165) is 37.1 Å². The molecule has 2 aliphatic heterocycles. The molecule has 0 spiro atoms. The summed E-state index contributed by atoms with van der Waals surface area (Å²) in [5.41, 5.74) is -0.0965. The smallest absolute Gasteiger partial charge is 0.276 e. The van der Waals surface area contributed by atoms with Crippen LogP contribution in [0.4, 0.5) is 4.39 Å². The number of aromatic hydroxyl groups is 1. The standard InChI is InChI=1S/C24H23ClFN5O3S/c1-12-7-8-30(14-5-6-14)18-11-29-10-15(21(32)22(33)20(29)24(34)31(12)18)23-28-27-17(35-23)9-13-3-2-4-16(25)19(13)26/h2-4,10,12,14,18,33H,5-9,11H2,1H3/t12-,18?/m0/s1. The number of hydrogen-bond donors (Lipinski definition) is 1. The molecule has 1 saturated carbocycles. The fraction of sp³-hybridized carbons (Fsp3) is 0.417. The Morgan fingerprint density at radius 2 is 2.03 bits per heavy atom. The van der Waals surface area contributed by atoms with E-state index in [9.17, 15) is 19.1 Å². The summed E-state index contributed by atoms with van der Waals surface area (Å²) < 4.78 is 16.0. The lowest BCUT2D eigenvalue weighted by molar-refractivity contribution is -0.0362. The van der Waals surface area contributed by atoms with Crippen molar-refractivity contribution < 1.29 is 14.3 Å². The van der Waals surface area contributed by atoms with Crippen LogP contribution in [0, 0.1) is 5.82 Å². The number of fused-ring (bicyclic) bond motifs is 2. The van der Waals surface area contributed by atoms with Crippen LogP contribution in [0.3, 0.4) is 0 Å². The summed E-state index contributed by atoms with van der Waals surface area (Å²) in [5, 5.41) is 19.9. The van der Waals surface area contributed by atoms with E-state index >= 15 is 0 Å². The van der Waals surface area contributed by atoms with Gasteiger partial charge in [0.05, 0.1) is 17.1 Å². The molecular formula is C24H23ClFN5O3S. The van der Waals surface area contributed by atoms with Crippen LogP contribution in [0.5, 0.6) is 5.75 Å². The van der Waals surface area contributed by atoms with E-state index in [4.69, 9.17) is 11.6 Å². The average Bonchev–Trinajstić information content (AvgIpc) is 3.57. The Morgan fingerprint density at radius 1 is 1.23 bits per heavy atom. The summed E-state index contributed by atoms with van der Waals surface area (Å²) in [6.45, 7) is 3.40. The quantitative estimate of drug-likeness (QED) is 0.572. The van der Waals surface area contributed by atoms with Crippen molar-refractivity contribution in [2.75, 3.05) is 6.54 Å². The highest BCUT2D eigenvalue weighted by molar-refractivity contribution is 7.14. The van der Waals surface area contributed by atoms with Crippen LogP contribution in [-0.2, 0) is 13.0 Å². The van der Waals surface area contributed by atoms with Gasteiger partial charge >= 0.3 is 0 Å². The Bertz CT molecular complexity index is 1400. The summed E-state index contributed by atoms with van der Waals surface area (Å²) in [6, 6.07) is 5.27. The fourth-order valence-corrected chi connectivity index (χ4v) is 6.25. The molecule has 11 heteroatoms. The van der Waals surface area contributed by atoms with Gasteiger partial charge in [-0.3, -0.25) is 14.5 Å². The van der Waals surface area contributed by atoms with Gasteiger partial charge in [-0.15, -0.1) is 10.2 Å². The molecule has 6 rings (SSSR count). The molecule has 1 aliphatic carbocycles. The molecular weight excluding hydrogens is 493 g/mol. The average molecular weight is 516 g/mol. The number of carbonyl (C=O) groups is 1. The number of carbonyl (C=O) groups excluding carboxylic acids is 1. The molecule has 2 aromatic heterocycles. The Hall–Kier alpha value is -2.82. The van der Waals surface area contributed by atoms with Crippen molar-refractivity contribution in [2.24, 2.45) is 0 Å². The first-order valence-electron chi connectivity index (χ1n) is 11.6. The normalized spacial score (nSPS) is 22.3. The predicted octanol–water partition coefficient (Wildman–Crippen LogP) is 3.49. The highest BCUT2D eigenvalue weighted by Crippen LogP contribution is 2.38. The van der Waals surface area contributed by atoms with Gasteiger partial charge < -0.3 is 14.6 Å². The molecule has 1 N–H and O–H groups in total. The minimum atomic E-state index is -0.664. The van der Waals surface area contributed by atoms with Crippen molar-refractivity contribution >= 4 is 28.8 Å². The number of hydrogen-bond acceptors (Lipinski definition) is 7. The number of aromatic nitrogens is 3. The summed E-state index contributed by atoms with van der Waals surface area (Å²) in [7, 11) is 0. The molecule has 1 aromatic carbocycles. The lowest BCUT2D eigenvalue weighted by Crippen LogP contribution is -2.64. The van der Waals surface area contributed by atoms with Crippen LogP contribution in [0.15, 0.2) is 29.2 Å². The summed E-state index contributed by atoms with van der Waals surface area (Å²) in [5.74, 6) is -1.41. The molecule has 4 heterocycles. The summed E-state index contributed by atoms with van der Waals surface area (Å²) in [6.07, 6.45) is 4.77. The Balaban J connectivity index is 1.36. The second-order valence-corrected chi connectivity index (χ2v) is 10.9. The van der Waals surface area contributed by atoms with E-state index in [1.54, 1.807) is 22.9 Å². The van der Waals surface area contributed by atoms with E-state index in [-0.39, 0.29) is 40.8 Å². The van der Waals surface area contributed by atoms with Crippen molar-refractivity contribution in [3.63, 3.8) is 0 Å². The van der Waals surface area contributed by atoms with Crippen molar-refractivity contribution in [3.05, 3.63) is 61.7 Å². The maximum absolute atomic E-state index is 14.3. The zero-order chi connectivity index (χ0) is 24.4. The number of halogens is 2. The fourth-order valence-electron chi connectivity index (χ4n) is 5.19. The third-order valence-electron chi connectivity index (χ3n) is 7.12. The second kappa shape index (κ2) is 8.39. The lowest BCUT2D eigenvalue weighted by Gasteiger charge is -2.50. The first-order chi connectivity index (χ1) is 16.8. The van der Waals surface area contributed by atoms with Crippen molar-refractivity contribution in [1.29, 1.82) is 0 Å². The number of benzene rings is 1. The first-order valence-corrected chi connectivity index (χ1v) is 12.8. The highest BCUT2D eigenvalue weighted by Gasteiger charge is 2.47. The van der Waals surface area contributed by atoms with Gasteiger partial charge in [0.2, 0.25) is 5.43 Å². The predicted molar refractivity (Wildman–Crippen MR) is 129 cm³/mol. The van der Waals surface area contributed by atoms with Crippen LogP contribution in [0.1, 0.15) is 47.2 Å². The van der Waals surface area contributed by atoms with Crippen LogP contribution < -0.4 is 5.43 Å². The molecule has 2 atom stereocenters. The molecule has 1 unspecified atom stereocenters. The monoisotopic (exact) mass is 515 g/mol. The highest BCUT2D eigenvalue weighted by atomic mass is 35.5. The van der Waals surface area contributed by atoms with Gasteiger partial charge in [-0.25, -0.2) is 4.39 Å². The minimum Gasteiger partial charge on any atom is -0.503 e. The zero-order valence-corrected chi connectivity index (χ0v) is 20.5. The number of rotatable bonds is 4. The van der Waals surface area contributed by atoms with Gasteiger partial charge in [0.25, 0.3) is 5.91 Å². The first kappa shape index (κ1) is 22.6. The Kier molecular flexibility index (Phi) is 5.43. The second-order valence-electron chi connectivity index (χ2n) is 9.41. The van der Waals surface area contributed by atoms with Gasteiger partial charge in [-0.05, 0) is 37.8 Å². The van der Waals surface area contributed by atoms with Crippen LogP contribution in [0.2, 0.25) is 5.02 Å². The van der Waals surface area contributed by atoms with E-state index < -0.39 is 17.0 Å². The van der Waals surface area contributed by atoms with Crippen molar-refractivity contribution in [1.82, 2.24) is 24.6 Å². The van der Waals surface area contributed by atoms with Gasteiger partial charge in [-0.1, -0.05) is 35.1 Å². The third kappa shape index (κ3) is 3.75. The number of amides is 1. The van der Waals surface area contributed by atoms with Crippen LogP contribution >= 0.6 is 22.9 Å². The molecule has 1 amide bonds. The van der Waals surface area contributed by atoms with E-state index in [1.165, 1.54) is 6.07 Å². The lowest BCUT2D eigenvalue weighted by atomic mass is 10.0. The van der Waals surface area contributed by atoms with Crippen LogP contribution in [-0.4, -0.2) is 60.4 Å². The molecule has 0 bridgehead atoms.